The minimum Gasteiger partial charge on any atom is -0.478 e. The molecule has 0 aliphatic rings. The summed E-state index contributed by atoms with van der Waals surface area (Å²) in [6, 6.07) is 5.83. The first-order valence-electron chi connectivity index (χ1n) is 5.59. The number of nitrogens with one attached hydrogen (secondary N) is 1. The van der Waals surface area contributed by atoms with Gasteiger partial charge in [0.25, 0.3) is 0 Å². The average molecular weight is 248 g/mol. The Morgan fingerprint density at radius 1 is 1.50 bits per heavy atom. The topological polar surface area (TPSA) is 62.2 Å². The van der Waals surface area contributed by atoms with Crippen molar-refractivity contribution in [2.45, 2.75) is 6.42 Å². The molecule has 0 saturated carbocycles. The third-order valence-corrected chi connectivity index (χ3v) is 2.70. The van der Waals surface area contributed by atoms with Gasteiger partial charge in [0.1, 0.15) is 11.3 Å². The van der Waals surface area contributed by atoms with E-state index in [1.54, 1.807) is 13.1 Å². The zero-order chi connectivity index (χ0) is 13.1. The van der Waals surface area contributed by atoms with Gasteiger partial charge in [0, 0.05) is 24.0 Å². The minimum absolute atomic E-state index is 0.0885. The number of carbonyl (C=O) groups is 1. The molecule has 0 amide bonds. The summed E-state index contributed by atoms with van der Waals surface area (Å²) in [6.45, 7) is 0.659. The standard InChI is InChI=1S/C13H13FN2O2/c1-15-6-5-8-7-10(13(17)18)9-3-2-4-11(14)12(9)16-8/h2-4,7,15H,5-6H2,1H3,(H,17,18). The smallest absolute Gasteiger partial charge is 0.336 e. The summed E-state index contributed by atoms with van der Waals surface area (Å²) >= 11 is 0. The number of nitrogens with zero attached hydrogens (tertiary/aromatic N) is 1. The summed E-state index contributed by atoms with van der Waals surface area (Å²) in [5.41, 5.74) is 0.772. The van der Waals surface area contributed by atoms with Crippen molar-refractivity contribution in [1.29, 1.82) is 0 Å². The molecule has 0 fully saturated rings. The lowest BCUT2D eigenvalue weighted by Crippen LogP contribution is -2.12. The van der Waals surface area contributed by atoms with Gasteiger partial charge in [-0.2, -0.15) is 0 Å². The Morgan fingerprint density at radius 3 is 2.94 bits per heavy atom. The van der Waals surface area contributed by atoms with Crippen LogP contribution in [0.25, 0.3) is 10.9 Å². The number of aromatic carboxylic acids is 1. The van der Waals surface area contributed by atoms with E-state index in [1.165, 1.54) is 18.2 Å². The summed E-state index contributed by atoms with van der Waals surface area (Å²) in [4.78, 5) is 15.4. The van der Waals surface area contributed by atoms with Crippen molar-refractivity contribution in [2.24, 2.45) is 0 Å². The van der Waals surface area contributed by atoms with Gasteiger partial charge < -0.3 is 10.4 Å². The highest BCUT2D eigenvalue weighted by molar-refractivity contribution is 6.02. The Balaban J connectivity index is 2.63. The molecule has 0 saturated heterocycles. The molecule has 0 spiro atoms. The molecule has 0 atom stereocenters. The average Bonchev–Trinajstić information content (AvgIpc) is 2.36. The van der Waals surface area contributed by atoms with E-state index in [1.807, 2.05) is 0 Å². The van der Waals surface area contributed by atoms with Gasteiger partial charge in [-0.25, -0.2) is 14.2 Å². The second kappa shape index (κ2) is 5.10. The van der Waals surface area contributed by atoms with Crippen LogP contribution in [0, 0.1) is 5.82 Å². The van der Waals surface area contributed by atoms with Crippen molar-refractivity contribution in [1.82, 2.24) is 10.3 Å². The van der Waals surface area contributed by atoms with E-state index < -0.39 is 11.8 Å². The highest BCUT2D eigenvalue weighted by atomic mass is 19.1. The Bertz CT molecular complexity index is 599. The lowest BCUT2D eigenvalue weighted by Gasteiger charge is -2.07. The first-order valence-corrected chi connectivity index (χ1v) is 5.59. The third-order valence-electron chi connectivity index (χ3n) is 2.70. The first-order chi connectivity index (χ1) is 8.63. The van der Waals surface area contributed by atoms with Gasteiger partial charge in [0.15, 0.2) is 0 Å². The molecule has 4 nitrogen and oxygen atoms in total. The summed E-state index contributed by atoms with van der Waals surface area (Å²) in [7, 11) is 1.79. The number of hydrogen-bond acceptors (Lipinski definition) is 3. The second-order valence-electron chi connectivity index (χ2n) is 3.96. The molecule has 1 aromatic carbocycles. The van der Waals surface area contributed by atoms with Gasteiger partial charge in [0.05, 0.1) is 5.56 Å². The Labute approximate surface area is 103 Å². The SMILES string of the molecule is CNCCc1cc(C(=O)O)c2cccc(F)c2n1. The van der Waals surface area contributed by atoms with Gasteiger partial charge in [-0.3, -0.25) is 0 Å². The van der Waals surface area contributed by atoms with E-state index in [4.69, 9.17) is 5.11 Å². The lowest BCUT2D eigenvalue weighted by molar-refractivity contribution is 0.0699. The highest BCUT2D eigenvalue weighted by Gasteiger charge is 2.13. The number of para-hydroxylation sites is 1. The molecule has 0 aliphatic heterocycles. The van der Waals surface area contributed by atoms with E-state index in [2.05, 4.69) is 10.3 Å². The van der Waals surface area contributed by atoms with Gasteiger partial charge >= 0.3 is 5.97 Å². The summed E-state index contributed by atoms with van der Waals surface area (Å²) < 4.78 is 13.7. The van der Waals surface area contributed by atoms with Crippen molar-refractivity contribution in [2.75, 3.05) is 13.6 Å². The van der Waals surface area contributed by atoms with Crippen LogP contribution >= 0.6 is 0 Å². The number of carboxylic acid groups (broad SMARTS) is 1. The van der Waals surface area contributed by atoms with Crippen molar-refractivity contribution in [3.63, 3.8) is 0 Å². The van der Waals surface area contributed by atoms with E-state index >= 15 is 0 Å². The summed E-state index contributed by atoms with van der Waals surface area (Å²) in [5, 5.41) is 12.4. The second-order valence-corrected chi connectivity index (χ2v) is 3.96. The van der Waals surface area contributed by atoms with Crippen molar-refractivity contribution >= 4 is 16.9 Å². The molecule has 2 rings (SSSR count). The molecule has 5 heteroatoms. The fourth-order valence-corrected chi connectivity index (χ4v) is 1.82. The predicted molar refractivity (Wildman–Crippen MR) is 66.3 cm³/mol. The maximum Gasteiger partial charge on any atom is 0.336 e. The molecule has 1 heterocycles. The zero-order valence-corrected chi connectivity index (χ0v) is 9.90. The monoisotopic (exact) mass is 248 g/mol. The summed E-state index contributed by atoms with van der Waals surface area (Å²) in [5.74, 6) is -1.57. The fraction of sp³-hybridized carbons (Fsp3) is 0.231. The largest absolute Gasteiger partial charge is 0.478 e. The number of fused-ring (bicyclic) bond motifs is 1. The number of carboxylic acids is 1. The van der Waals surface area contributed by atoms with Crippen LogP contribution in [0.3, 0.4) is 0 Å². The van der Waals surface area contributed by atoms with Crippen molar-refractivity contribution < 1.29 is 14.3 Å². The van der Waals surface area contributed by atoms with Crippen LogP contribution in [-0.2, 0) is 6.42 Å². The van der Waals surface area contributed by atoms with Gasteiger partial charge in [-0.1, -0.05) is 12.1 Å². The maximum absolute atomic E-state index is 13.7. The number of benzene rings is 1. The van der Waals surface area contributed by atoms with Crippen molar-refractivity contribution in [3.05, 3.63) is 41.3 Å². The molecule has 1 aromatic heterocycles. The molecule has 18 heavy (non-hydrogen) atoms. The van der Waals surface area contributed by atoms with Crippen LogP contribution in [-0.4, -0.2) is 29.7 Å². The normalized spacial score (nSPS) is 10.8. The first kappa shape index (κ1) is 12.4. The molecular formula is C13H13FN2O2. The van der Waals surface area contributed by atoms with E-state index in [0.29, 0.717) is 24.0 Å². The van der Waals surface area contributed by atoms with Crippen LogP contribution in [0.2, 0.25) is 0 Å². The van der Waals surface area contributed by atoms with Crippen LogP contribution < -0.4 is 5.32 Å². The molecule has 0 aliphatic carbocycles. The fourth-order valence-electron chi connectivity index (χ4n) is 1.82. The molecule has 0 bridgehead atoms. The maximum atomic E-state index is 13.7. The zero-order valence-electron chi connectivity index (χ0n) is 9.90. The molecule has 2 aromatic rings. The number of pyridine rings is 1. The molecule has 94 valence electrons. The molecule has 2 N–H and O–H groups in total. The van der Waals surface area contributed by atoms with Crippen LogP contribution in [0.1, 0.15) is 16.1 Å². The minimum atomic E-state index is -1.07. The van der Waals surface area contributed by atoms with E-state index in [9.17, 15) is 9.18 Å². The van der Waals surface area contributed by atoms with Crippen LogP contribution in [0.4, 0.5) is 4.39 Å². The van der Waals surface area contributed by atoms with E-state index in [-0.39, 0.29) is 11.1 Å². The van der Waals surface area contributed by atoms with Gasteiger partial charge in [0.2, 0.25) is 0 Å². The van der Waals surface area contributed by atoms with Crippen LogP contribution in [0.15, 0.2) is 24.3 Å². The summed E-state index contributed by atoms with van der Waals surface area (Å²) in [6.07, 6.45) is 0.557. The number of rotatable bonds is 4. The molecular weight excluding hydrogens is 235 g/mol. The van der Waals surface area contributed by atoms with Gasteiger partial charge in [-0.05, 0) is 19.2 Å². The Hall–Kier alpha value is -2.01. The lowest BCUT2D eigenvalue weighted by atomic mass is 10.1. The predicted octanol–water partition coefficient (Wildman–Crippen LogP) is 1.83. The Kier molecular flexibility index (Phi) is 3.53. The van der Waals surface area contributed by atoms with Gasteiger partial charge in [-0.15, -0.1) is 0 Å². The van der Waals surface area contributed by atoms with Crippen LogP contribution in [0.5, 0.6) is 0 Å². The highest BCUT2D eigenvalue weighted by Crippen LogP contribution is 2.21. The molecule has 0 unspecified atom stereocenters. The number of hydrogen-bond donors (Lipinski definition) is 2. The third kappa shape index (κ3) is 2.31. The van der Waals surface area contributed by atoms with Crippen molar-refractivity contribution in [3.8, 4) is 0 Å². The Morgan fingerprint density at radius 2 is 2.28 bits per heavy atom. The quantitative estimate of drug-likeness (QED) is 0.866. The molecule has 0 radical (unpaired) electrons. The van der Waals surface area contributed by atoms with E-state index in [0.717, 1.165) is 0 Å². The number of aromatic nitrogens is 1. The number of likely N-dealkylation sites (N-methyl/N-ethyl adjacent to an activating group) is 1. The number of halogens is 1.